The summed E-state index contributed by atoms with van der Waals surface area (Å²) in [5.74, 6) is 1.23. The van der Waals surface area contributed by atoms with Gasteiger partial charge in [-0.05, 0) is 31.2 Å². The molecule has 5 nitrogen and oxygen atoms in total. The highest BCUT2D eigenvalue weighted by molar-refractivity contribution is 7.18. The number of hydrogen-bond acceptors (Lipinski definition) is 4. The van der Waals surface area contributed by atoms with Crippen molar-refractivity contribution in [3.05, 3.63) is 53.5 Å². The fraction of sp³-hybridized carbons (Fsp3) is 0.364. The van der Waals surface area contributed by atoms with E-state index in [9.17, 15) is 4.79 Å². The van der Waals surface area contributed by atoms with Crippen molar-refractivity contribution in [1.82, 2.24) is 4.98 Å². The first-order valence-corrected chi connectivity index (χ1v) is 10.6. The van der Waals surface area contributed by atoms with E-state index in [-0.39, 0.29) is 11.9 Å². The number of benzene rings is 2. The van der Waals surface area contributed by atoms with Crippen LogP contribution in [0.1, 0.15) is 30.7 Å². The third kappa shape index (κ3) is 3.88. The Hall–Kier alpha value is -2.44. The van der Waals surface area contributed by atoms with Gasteiger partial charge in [-0.1, -0.05) is 24.3 Å². The van der Waals surface area contributed by atoms with Crippen molar-refractivity contribution in [2.45, 2.75) is 31.7 Å². The summed E-state index contributed by atoms with van der Waals surface area (Å²) in [4.78, 5) is 18.9. The standard InChI is InChI=1S/C22H25N3O2S/c1-15(21(26)23-17-7-3-5-9-19(17)27-2)25-13-11-16(12-14-25)22-24-18-8-4-6-10-20(18)28-22/h3-10,15-16H,11-14H2,1-2H3,(H,23,26)/p+1/t15-/m0/s1. The second-order valence-electron chi connectivity index (χ2n) is 7.36. The Kier molecular flexibility index (Phi) is 5.59. The molecule has 6 heteroatoms. The molecule has 1 aliphatic rings. The van der Waals surface area contributed by atoms with E-state index in [1.54, 1.807) is 7.11 Å². The molecule has 0 radical (unpaired) electrons. The van der Waals surface area contributed by atoms with Gasteiger partial charge in [0.2, 0.25) is 0 Å². The lowest BCUT2D eigenvalue weighted by Gasteiger charge is -2.31. The first-order chi connectivity index (χ1) is 13.7. The molecular weight excluding hydrogens is 370 g/mol. The fourth-order valence-electron chi connectivity index (χ4n) is 3.91. The number of thiazole rings is 1. The van der Waals surface area contributed by atoms with Gasteiger partial charge in [0.1, 0.15) is 5.75 Å². The predicted molar refractivity (Wildman–Crippen MR) is 113 cm³/mol. The quantitative estimate of drug-likeness (QED) is 0.697. The molecule has 0 saturated carbocycles. The summed E-state index contributed by atoms with van der Waals surface area (Å²) >= 11 is 1.81. The molecule has 0 bridgehead atoms. The molecular formula is C22H26N3O2S+. The highest BCUT2D eigenvalue weighted by Gasteiger charge is 2.32. The summed E-state index contributed by atoms with van der Waals surface area (Å²) in [6.07, 6.45) is 2.14. The van der Waals surface area contributed by atoms with Gasteiger partial charge in [0.25, 0.3) is 5.91 Å². The number of amides is 1. The van der Waals surface area contributed by atoms with Crippen molar-refractivity contribution < 1.29 is 14.4 Å². The average Bonchev–Trinajstić information content (AvgIpc) is 3.18. The predicted octanol–water partition coefficient (Wildman–Crippen LogP) is 3.09. The van der Waals surface area contributed by atoms with Crippen molar-refractivity contribution in [3.63, 3.8) is 0 Å². The van der Waals surface area contributed by atoms with E-state index in [1.807, 2.05) is 48.6 Å². The normalized spacial score (nSPS) is 20.6. The number of para-hydroxylation sites is 3. The van der Waals surface area contributed by atoms with Gasteiger partial charge >= 0.3 is 0 Å². The maximum absolute atomic E-state index is 12.8. The van der Waals surface area contributed by atoms with Crippen LogP contribution in [0.4, 0.5) is 5.69 Å². The zero-order valence-electron chi connectivity index (χ0n) is 16.3. The number of hydrogen-bond donors (Lipinski definition) is 2. The lowest BCUT2D eigenvalue weighted by molar-refractivity contribution is -0.919. The zero-order valence-corrected chi connectivity index (χ0v) is 17.1. The average molecular weight is 397 g/mol. The molecule has 1 fully saturated rings. The minimum absolute atomic E-state index is 0.0398. The number of nitrogens with one attached hydrogen (secondary N) is 2. The second kappa shape index (κ2) is 8.29. The number of piperidine rings is 1. The summed E-state index contributed by atoms with van der Waals surface area (Å²) in [6, 6.07) is 15.8. The number of aromatic nitrogens is 1. The summed E-state index contributed by atoms with van der Waals surface area (Å²) in [7, 11) is 1.62. The summed E-state index contributed by atoms with van der Waals surface area (Å²) < 4.78 is 6.59. The second-order valence-corrected chi connectivity index (χ2v) is 8.43. The molecule has 0 spiro atoms. The number of carbonyl (C=O) groups is 1. The number of anilines is 1. The molecule has 0 unspecified atom stereocenters. The van der Waals surface area contributed by atoms with Crippen LogP contribution in [-0.2, 0) is 4.79 Å². The Labute approximate surface area is 169 Å². The number of rotatable bonds is 5. The summed E-state index contributed by atoms with van der Waals surface area (Å²) in [6.45, 7) is 3.99. The SMILES string of the molecule is COc1ccccc1NC(=O)[C@H](C)[NH+]1CCC(c2nc3ccccc3s2)CC1. The summed E-state index contributed by atoms with van der Waals surface area (Å²) in [5, 5.41) is 4.27. The van der Waals surface area contributed by atoms with Crippen molar-refractivity contribution in [1.29, 1.82) is 0 Å². The maximum atomic E-state index is 12.8. The van der Waals surface area contributed by atoms with Gasteiger partial charge in [-0.25, -0.2) is 4.98 Å². The first-order valence-electron chi connectivity index (χ1n) is 9.79. The number of ether oxygens (including phenoxy) is 1. The van der Waals surface area contributed by atoms with E-state index >= 15 is 0 Å². The monoisotopic (exact) mass is 396 g/mol. The molecule has 1 aliphatic heterocycles. The molecule has 28 heavy (non-hydrogen) atoms. The van der Waals surface area contributed by atoms with E-state index in [2.05, 4.69) is 23.5 Å². The highest BCUT2D eigenvalue weighted by atomic mass is 32.1. The van der Waals surface area contributed by atoms with Crippen LogP contribution in [0.15, 0.2) is 48.5 Å². The Morgan fingerprint density at radius 2 is 1.89 bits per heavy atom. The smallest absolute Gasteiger partial charge is 0.282 e. The Bertz CT molecular complexity index is 930. The third-order valence-electron chi connectivity index (χ3n) is 5.66. The van der Waals surface area contributed by atoms with Gasteiger partial charge in [-0.15, -0.1) is 11.3 Å². The molecule has 4 rings (SSSR count). The topological polar surface area (TPSA) is 55.7 Å². The van der Waals surface area contributed by atoms with E-state index in [0.717, 1.165) is 37.1 Å². The van der Waals surface area contributed by atoms with Gasteiger partial charge in [0.05, 0.1) is 41.1 Å². The minimum atomic E-state index is -0.0961. The number of methoxy groups -OCH3 is 1. The Morgan fingerprint density at radius 1 is 1.18 bits per heavy atom. The maximum Gasteiger partial charge on any atom is 0.282 e. The van der Waals surface area contributed by atoms with Crippen molar-refractivity contribution in [2.24, 2.45) is 0 Å². The zero-order chi connectivity index (χ0) is 19.5. The molecule has 2 heterocycles. The van der Waals surface area contributed by atoms with E-state index in [1.165, 1.54) is 14.6 Å². The number of fused-ring (bicyclic) bond motifs is 1. The van der Waals surface area contributed by atoms with Gasteiger partial charge in [-0.2, -0.15) is 0 Å². The lowest BCUT2D eigenvalue weighted by Crippen LogP contribution is -3.17. The Balaban J connectivity index is 1.36. The van der Waals surface area contributed by atoms with Crippen LogP contribution >= 0.6 is 11.3 Å². The first kappa shape index (κ1) is 18.9. The molecule has 1 aromatic heterocycles. The molecule has 2 N–H and O–H groups in total. The van der Waals surface area contributed by atoms with Crippen molar-refractivity contribution in [2.75, 3.05) is 25.5 Å². The van der Waals surface area contributed by atoms with Crippen molar-refractivity contribution in [3.8, 4) is 5.75 Å². The van der Waals surface area contributed by atoms with Gasteiger partial charge in [0.15, 0.2) is 6.04 Å². The number of likely N-dealkylation sites (tertiary alicyclic amines) is 1. The molecule has 1 amide bonds. The third-order valence-corrected chi connectivity index (χ3v) is 6.86. The molecule has 3 aromatic rings. The number of carbonyl (C=O) groups excluding carboxylic acids is 1. The molecule has 146 valence electrons. The van der Waals surface area contributed by atoms with Crippen LogP contribution in [0.5, 0.6) is 5.75 Å². The lowest BCUT2D eigenvalue weighted by atomic mass is 9.96. The van der Waals surface area contributed by atoms with Crippen LogP contribution in [0.25, 0.3) is 10.2 Å². The van der Waals surface area contributed by atoms with E-state index in [0.29, 0.717) is 11.7 Å². The Morgan fingerprint density at radius 3 is 2.64 bits per heavy atom. The summed E-state index contributed by atoms with van der Waals surface area (Å²) in [5.41, 5.74) is 1.83. The van der Waals surface area contributed by atoms with E-state index < -0.39 is 0 Å². The molecule has 1 atom stereocenters. The number of quaternary nitrogens is 1. The van der Waals surface area contributed by atoms with Crippen LogP contribution in [0, 0.1) is 0 Å². The van der Waals surface area contributed by atoms with Gasteiger partial charge in [0, 0.05) is 18.8 Å². The van der Waals surface area contributed by atoms with Gasteiger partial charge in [-0.3, -0.25) is 4.79 Å². The van der Waals surface area contributed by atoms with E-state index in [4.69, 9.17) is 9.72 Å². The fourth-order valence-corrected chi connectivity index (χ4v) is 5.04. The van der Waals surface area contributed by atoms with Crippen LogP contribution in [0.2, 0.25) is 0 Å². The van der Waals surface area contributed by atoms with Crippen LogP contribution < -0.4 is 15.0 Å². The van der Waals surface area contributed by atoms with Crippen LogP contribution in [0.3, 0.4) is 0 Å². The minimum Gasteiger partial charge on any atom is -0.495 e. The molecule has 2 aromatic carbocycles. The largest absolute Gasteiger partial charge is 0.495 e. The van der Waals surface area contributed by atoms with Crippen LogP contribution in [-0.4, -0.2) is 37.1 Å². The molecule has 1 saturated heterocycles. The molecule has 0 aliphatic carbocycles. The number of nitrogens with zero attached hydrogens (tertiary/aromatic N) is 1. The highest BCUT2D eigenvalue weighted by Crippen LogP contribution is 2.31. The van der Waals surface area contributed by atoms with Gasteiger partial charge < -0.3 is 15.0 Å². The van der Waals surface area contributed by atoms with Crippen molar-refractivity contribution >= 4 is 33.1 Å².